The molecule has 3 aromatic rings. The summed E-state index contributed by atoms with van der Waals surface area (Å²) in [7, 11) is 0. The minimum Gasteiger partial charge on any atom is -0.378 e. The highest BCUT2D eigenvalue weighted by Gasteiger charge is 2.24. The van der Waals surface area contributed by atoms with Crippen molar-refractivity contribution in [3.8, 4) is 0 Å². The van der Waals surface area contributed by atoms with Crippen molar-refractivity contribution in [3.63, 3.8) is 0 Å². The van der Waals surface area contributed by atoms with Crippen molar-refractivity contribution in [2.45, 2.75) is 6.10 Å². The molecule has 4 heterocycles. The van der Waals surface area contributed by atoms with Crippen molar-refractivity contribution in [1.82, 2.24) is 25.3 Å². The number of hydrogen-bond acceptors (Lipinski definition) is 8. The number of fused-ring (bicyclic) bond motifs is 1. The van der Waals surface area contributed by atoms with E-state index in [0.29, 0.717) is 12.3 Å². The van der Waals surface area contributed by atoms with Gasteiger partial charge in [0.2, 0.25) is 0 Å². The number of morpholine rings is 2. The van der Waals surface area contributed by atoms with E-state index in [2.05, 4.69) is 54.7 Å². The minimum absolute atomic E-state index is 0.00566. The molecule has 2 aromatic heterocycles. The summed E-state index contributed by atoms with van der Waals surface area (Å²) in [6.45, 7) is 5.61. The van der Waals surface area contributed by atoms with Gasteiger partial charge in [-0.3, -0.25) is 0 Å². The van der Waals surface area contributed by atoms with Crippen LogP contribution in [0.25, 0.3) is 5.65 Å². The molecule has 9 heteroatoms. The second-order valence-electron chi connectivity index (χ2n) is 6.72. The third-order valence-corrected chi connectivity index (χ3v) is 5.06. The molecule has 2 saturated heterocycles. The molecule has 0 amide bonds. The topological polar surface area (TPSA) is 80.9 Å². The van der Waals surface area contributed by atoms with Crippen LogP contribution in [0.3, 0.4) is 0 Å². The first-order chi connectivity index (χ1) is 13.4. The van der Waals surface area contributed by atoms with Crippen molar-refractivity contribution in [1.29, 1.82) is 0 Å². The molecular formula is C18H21N7O2. The average Bonchev–Trinajstić information content (AvgIpc) is 3.22. The molecule has 2 fully saturated rings. The van der Waals surface area contributed by atoms with Gasteiger partial charge in [-0.2, -0.15) is 0 Å². The summed E-state index contributed by atoms with van der Waals surface area (Å²) in [5.41, 5.74) is 3.05. The lowest BCUT2D eigenvalue weighted by atomic mass is 10.1. The normalized spacial score (nSPS) is 21.0. The van der Waals surface area contributed by atoms with Crippen LogP contribution in [0.5, 0.6) is 0 Å². The van der Waals surface area contributed by atoms with E-state index >= 15 is 0 Å². The Labute approximate surface area is 156 Å². The Morgan fingerprint density at radius 3 is 2.78 bits per heavy atom. The molecule has 1 aromatic carbocycles. The largest absolute Gasteiger partial charge is 0.378 e. The molecule has 1 atom stereocenters. The van der Waals surface area contributed by atoms with Crippen molar-refractivity contribution < 1.29 is 9.47 Å². The molecule has 0 N–H and O–H groups in total. The third-order valence-electron chi connectivity index (χ3n) is 5.06. The number of anilines is 2. The molecule has 0 bridgehead atoms. The van der Waals surface area contributed by atoms with Crippen LogP contribution in [0.2, 0.25) is 0 Å². The molecule has 9 nitrogen and oxygen atoms in total. The van der Waals surface area contributed by atoms with E-state index in [-0.39, 0.29) is 6.10 Å². The summed E-state index contributed by atoms with van der Waals surface area (Å²) in [6, 6.07) is 12.5. The first-order valence-corrected chi connectivity index (χ1v) is 9.21. The first kappa shape index (κ1) is 16.4. The molecule has 1 unspecified atom stereocenters. The Hall–Kier alpha value is -2.78. The quantitative estimate of drug-likeness (QED) is 0.676. The fourth-order valence-corrected chi connectivity index (χ4v) is 3.61. The van der Waals surface area contributed by atoms with Crippen LogP contribution in [-0.2, 0) is 9.47 Å². The maximum absolute atomic E-state index is 6.07. The lowest BCUT2D eigenvalue weighted by Crippen LogP contribution is -2.39. The monoisotopic (exact) mass is 367 g/mol. The van der Waals surface area contributed by atoms with Crippen LogP contribution in [-0.4, -0.2) is 71.3 Å². The van der Waals surface area contributed by atoms with Crippen molar-refractivity contribution >= 4 is 17.2 Å². The van der Waals surface area contributed by atoms with E-state index in [1.165, 1.54) is 15.9 Å². The predicted molar refractivity (Wildman–Crippen MR) is 99.0 cm³/mol. The van der Waals surface area contributed by atoms with Gasteiger partial charge < -0.3 is 19.3 Å². The highest BCUT2D eigenvalue weighted by molar-refractivity contribution is 5.50. The summed E-state index contributed by atoms with van der Waals surface area (Å²) >= 11 is 0. The van der Waals surface area contributed by atoms with Gasteiger partial charge in [0, 0.05) is 31.9 Å². The van der Waals surface area contributed by atoms with Crippen LogP contribution in [0.15, 0.2) is 36.4 Å². The zero-order valence-corrected chi connectivity index (χ0v) is 14.9. The predicted octanol–water partition coefficient (Wildman–Crippen LogP) is 0.934. The summed E-state index contributed by atoms with van der Waals surface area (Å²) in [5, 5.41) is 15.9. The zero-order valence-electron chi connectivity index (χ0n) is 14.9. The summed E-state index contributed by atoms with van der Waals surface area (Å²) < 4.78 is 13.0. The maximum atomic E-state index is 6.07. The summed E-state index contributed by atoms with van der Waals surface area (Å²) in [5.74, 6) is 0.854. The van der Waals surface area contributed by atoms with E-state index in [4.69, 9.17) is 9.47 Å². The third kappa shape index (κ3) is 3.31. The minimum atomic E-state index is 0.00566. The Morgan fingerprint density at radius 2 is 1.85 bits per heavy atom. The van der Waals surface area contributed by atoms with Crippen LogP contribution in [0, 0.1) is 0 Å². The van der Waals surface area contributed by atoms with Gasteiger partial charge in [-0.1, -0.05) is 12.1 Å². The molecular weight excluding hydrogens is 346 g/mol. The van der Waals surface area contributed by atoms with E-state index in [1.807, 2.05) is 12.1 Å². The Bertz CT molecular complexity index is 925. The molecule has 0 radical (unpaired) electrons. The van der Waals surface area contributed by atoms with Crippen LogP contribution >= 0.6 is 0 Å². The zero-order chi connectivity index (χ0) is 18.1. The second-order valence-corrected chi connectivity index (χ2v) is 6.72. The van der Waals surface area contributed by atoms with E-state index < -0.39 is 0 Å². The SMILES string of the molecule is c1cc(C2CN(c3ccc4nnnn4n3)CCO2)cc(N2CCOCC2)c1. The van der Waals surface area contributed by atoms with Crippen LogP contribution < -0.4 is 9.80 Å². The molecule has 0 spiro atoms. The molecule has 2 aliphatic heterocycles. The van der Waals surface area contributed by atoms with Gasteiger partial charge in [0.05, 0.1) is 19.8 Å². The van der Waals surface area contributed by atoms with Gasteiger partial charge in [0.15, 0.2) is 11.5 Å². The van der Waals surface area contributed by atoms with E-state index in [1.54, 1.807) is 0 Å². The van der Waals surface area contributed by atoms with Crippen molar-refractivity contribution in [3.05, 3.63) is 42.0 Å². The number of nitrogens with zero attached hydrogens (tertiary/aromatic N) is 7. The molecule has 27 heavy (non-hydrogen) atoms. The smallest absolute Gasteiger partial charge is 0.200 e. The lowest BCUT2D eigenvalue weighted by molar-refractivity contribution is 0.0394. The molecule has 140 valence electrons. The van der Waals surface area contributed by atoms with E-state index in [0.717, 1.165) is 45.2 Å². The fraction of sp³-hybridized carbons (Fsp3) is 0.444. The standard InChI is InChI=1S/C18H21N7O2/c1-2-14(12-15(3-1)23-6-9-26-10-7-23)16-13-24(8-11-27-16)18-5-4-17-19-21-22-25(17)20-18/h1-5,12,16H,6-11,13H2. The lowest BCUT2D eigenvalue weighted by Gasteiger charge is -2.34. The fourth-order valence-electron chi connectivity index (χ4n) is 3.61. The summed E-state index contributed by atoms with van der Waals surface area (Å²) in [6.07, 6.45) is 0.00566. The van der Waals surface area contributed by atoms with Crippen molar-refractivity contribution in [2.24, 2.45) is 0 Å². The average molecular weight is 367 g/mol. The first-order valence-electron chi connectivity index (χ1n) is 9.21. The number of tetrazole rings is 1. The molecule has 0 saturated carbocycles. The molecule has 5 rings (SSSR count). The number of hydrogen-bond donors (Lipinski definition) is 0. The van der Waals surface area contributed by atoms with Gasteiger partial charge in [0.1, 0.15) is 6.10 Å². The van der Waals surface area contributed by atoms with Crippen LogP contribution in [0.4, 0.5) is 11.5 Å². The van der Waals surface area contributed by atoms with Gasteiger partial charge in [0.25, 0.3) is 0 Å². The maximum Gasteiger partial charge on any atom is 0.200 e. The Morgan fingerprint density at radius 1 is 0.963 bits per heavy atom. The van der Waals surface area contributed by atoms with Crippen LogP contribution in [0.1, 0.15) is 11.7 Å². The number of benzene rings is 1. The molecule has 2 aliphatic rings. The van der Waals surface area contributed by atoms with Gasteiger partial charge in [-0.05, 0) is 40.3 Å². The van der Waals surface area contributed by atoms with E-state index in [9.17, 15) is 0 Å². The van der Waals surface area contributed by atoms with Gasteiger partial charge >= 0.3 is 0 Å². The van der Waals surface area contributed by atoms with Gasteiger partial charge in [-0.25, -0.2) is 0 Å². The summed E-state index contributed by atoms with van der Waals surface area (Å²) in [4.78, 5) is 4.58. The van der Waals surface area contributed by atoms with Crippen molar-refractivity contribution in [2.75, 3.05) is 55.8 Å². The Kier molecular flexibility index (Phi) is 4.30. The Balaban J connectivity index is 1.36. The molecule has 0 aliphatic carbocycles. The highest BCUT2D eigenvalue weighted by atomic mass is 16.5. The second kappa shape index (κ2) is 7.09. The van der Waals surface area contributed by atoms with Gasteiger partial charge in [-0.15, -0.1) is 14.8 Å². The number of ether oxygens (including phenoxy) is 2. The number of rotatable bonds is 3. The highest BCUT2D eigenvalue weighted by Crippen LogP contribution is 2.28. The number of aromatic nitrogens is 5.